The van der Waals surface area contributed by atoms with Gasteiger partial charge in [-0.1, -0.05) is 24.3 Å². The molecule has 25 heavy (non-hydrogen) atoms. The normalized spacial score (nSPS) is 11.8. The highest BCUT2D eigenvalue weighted by Crippen LogP contribution is 2.21. The van der Waals surface area contributed by atoms with Gasteiger partial charge < -0.3 is 4.40 Å². The number of ketones is 1. The van der Waals surface area contributed by atoms with Crippen LogP contribution >= 0.6 is 0 Å². The number of carbonyl (C=O) groups excluding carboxylic acids is 1. The highest BCUT2D eigenvalue weighted by Gasteiger charge is 2.27. The van der Waals surface area contributed by atoms with E-state index in [2.05, 4.69) is 4.98 Å². The summed E-state index contributed by atoms with van der Waals surface area (Å²) in [4.78, 5) is 16.1. The lowest BCUT2D eigenvalue weighted by Gasteiger charge is -2.08. The Kier molecular flexibility index (Phi) is 4.57. The molecule has 3 nitrogen and oxygen atoms in total. The molecule has 0 spiro atoms. The summed E-state index contributed by atoms with van der Waals surface area (Å²) in [5, 5.41) is 0. The second-order valence-corrected chi connectivity index (χ2v) is 5.79. The predicted octanol–water partition coefficient (Wildman–Crippen LogP) is 3.93. The zero-order valence-corrected chi connectivity index (χ0v) is 13.1. The van der Waals surface area contributed by atoms with E-state index < -0.39 is 18.4 Å². The number of Topliss-reactive ketones (excluding diaryl/α,β-unsaturated/α-hetero) is 1. The molecule has 1 aromatic carbocycles. The lowest BCUT2D eigenvalue weighted by atomic mass is 10.0. The highest BCUT2D eigenvalue weighted by atomic mass is 19.4. The van der Waals surface area contributed by atoms with E-state index in [4.69, 9.17) is 0 Å². The van der Waals surface area contributed by atoms with Gasteiger partial charge in [0.05, 0.1) is 6.42 Å². The van der Waals surface area contributed by atoms with Gasteiger partial charge in [0.25, 0.3) is 0 Å². The highest BCUT2D eigenvalue weighted by molar-refractivity contribution is 5.83. The van der Waals surface area contributed by atoms with Crippen LogP contribution in [0.25, 0.3) is 5.65 Å². The van der Waals surface area contributed by atoms with Crippen LogP contribution in [0.15, 0.2) is 48.8 Å². The number of fused-ring (bicyclic) bond motifs is 1. The third-order valence-electron chi connectivity index (χ3n) is 3.79. The molecule has 0 atom stereocenters. The fraction of sp³-hybridized carbons (Fsp3) is 0.222. The number of benzene rings is 1. The molecule has 0 unspecified atom stereocenters. The molecule has 0 aliphatic heterocycles. The Labute approximate surface area is 140 Å². The van der Waals surface area contributed by atoms with Crippen LogP contribution < -0.4 is 0 Å². The number of hydrogen-bond acceptors (Lipinski definition) is 2. The fourth-order valence-electron chi connectivity index (χ4n) is 2.68. The molecule has 0 fully saturated rings. The molecule has 0 saturated carbocycles. The van der Waals surface area contributed by atoms with Crippen molar-refractivity contribution in [3.63, 3.8) is 0 Å². The lowest BCUT2D eigenvalue weighted by Crippen LogP contribution is -2.12. The Hall–Kier alpha value is -2.70. The van der Waals surface area contributed by atoms with Crippen LogP contribution in [-0.2, 0) is 24.1 Å². The molecule has 0 saturated heterocycles. The average molecular weight is 350 g/mol. The van der Waals surface area contributed by atoms with Crippen molar-refractivity contribution in [3.8, 4) is 0 Å². The van der Waals surface area contributed by atoms with Crippen molar-refractivity contribution in [1.29, 1.82) is 0 Å². The first-order valence-corrected chi connectivity index (χ1v) is 7.58. The SMILES string of the molecule is O=C(Cc1ccc(CC(F)(F)F)cc1)Cc1ccc(F)c2nccn12. The summed E-state index contributed by atoms with van der Waals surface area (Å²) in [6.07, 6.45) is -2.04. The Bertz CT molecular complexity index is 898. The molecule has 7 heteroatoms. The largest absolute Gasteiger partial charge is 0.393 e. The van der Waals surface area contributed by atoms with Gasteiger partial charge in [0.15, 0.2) is 11.5 Å². The first-order chi connectivity index (χ1) is 11.8. The third-order valence-corrected chi connectivity index (χ3v) is 3.79. The van der Waals surface area contributed by atoms with Crippen LogP contribution in [0, 0.1) is 5.82 Å². The van der Waals surface area contributed by atoms with Crippen molar-refractivity contribution >= 4 is 11.4 Å². The standard InChI is InChI=1S/C18H14F4N2O/c19-16-6-5-14(24-8-7-23-17(16)24)10-15(25)9-12-1-3-13(4-2-12)11-18(20,21)22/h1-8H,9-11H2. The number of halogens is 4. The predicted molar refractivity (Wildman–Crippen MR) is 83.8 cm³/mol. The summed E-state index contributed by atoms with van der Waals surface area (Å²) < 4.78 is 52.1. The van der Waals surface area contributed by atoms with Gasteiger partial charge in [0.2, 0.25) is 0 Å². The number of imidazole rings is 1. The smallest absolute Gasteiger partial charge is 0.301 e. The molecular formula is C18H14F4N2O. The number of aromatic nitrogens is 2. The van der Waals surface area contributed by atoms with Crippen molar-refractivity contribution < 1.29 is 22.4 Å². The minimum absolute atomic E-state index is 0.0808. The third kappa shape index (κ3) is 4.23. The Morgan fingerprint density at radius 2 is 1.68 bits per heavy atom. The summed E-state index contributed by atoms with van der Waals surface area (Å²) in [6.45, 7) is 0. The summed E-state index contributed by atoms with van der Waals surface area (Å²) in [5.74, 6) is -0.591. The van der Waals surface area contributed by atoms with E-state index in [1.54, 1.807) is 6.20 Å². The molecule has 0 radical (unpaired) electrons. The van der Waals surface area contributed by atoms with Gasteiger partial charge in [0.1, 0.15) is 5.78 Å². The zero-order valence-electron chi connectivity index (χ0n) is 13.1. The molecule has 0 N–H and O–H groups in total. The molecule has 0 aliphatic rings. The number of alkyl halides is 3. The van der Waals surface area contributed by atoms with Crippen LogP contribution in [0.5, 0.6) is 0 Å². The maximum absolute atomic E-state index is 13.6. The lowest BCUT2D eigenvalue weighted by molar-refractivity contribution is -0.127. The van der Waals surface area contributed by atoms with E-state index in [1.165, 1.54) is 47.0 Å². The molecule has 0 bridgehead atoms. The first-order valence-electron chi connectivity index (χ1n) is 7.58. The first kappa shape index (κ1) is 17.1. The van der Waals surface area contributed by atoms with Gasteiger partial charge in [-0.25, -0.2) is 9.37 Å². The summed E-state index contributed by atoms with van der Waals surface area (Å²) in [6, 6.07) is 8.59. The van der Waals surface area contributed by atoms with E-state index in [-0.39, 0.29) is 29.8 Å². The number of rotatable bonds is 5. The van der Waals surface area contributed by atoms with Gasteiger partial charge in [-0.2, -0.15) is 13.2 Å². The minimum Gasteiger partial charge on any atom is -0.301 e. The molecule has 2 aromatic heterocycles. The van der Waals surface area contributed by atoms with Gasteiger partial charge in [-0.05, 0) is 23.3 Å². The number of carbonyl (C=O) groups is 1. The number of pyridine rings is 1. The maximum atomic E-state index is 13.6. The van der Waals surface area contributed by atoms with Crippen LogP contribution in [-0.4, -0.2) is 21.3 Å². The van der Waals surface area contributed by atoms with Crippen molar-refractivity contribution in [3.05, 3.63) is 71.4 Å². The second kappa shape index (κ2) is 6.66. The van der Waals surface area contributed by atoms with Crippen LogP contribution in [0.1, 0.15) is 16.8 Å². The zero-order chi connectivity index (χ0) is 18.0. The van der Waals surface area contributed by atoms with E-state index in [0.29, 0.717) is 11.3 Å². The Balaban J connectivity index is 1.68. The van der Waals surface area contributed by atoms with E-state index >= 15 is 0 Å². The average Bonchev–Trinajstić information content (AvgIpc) is 3.01. The summed E-state index contributed by atoms with van der Waals surface area (Å²) in [7, 11) is 0. The molecule has 0 aliphatic carbocycles. The molecular weight excluding hydrogens is 336 g/mol. The second-order valence-electron chi connectivity index (χ2n) is 5.79. The quantitative estimate of drug-likeness (QED) is 0.654. The Morgan fingerprint density at radius 3 is 2.36 bits per heavy atom. The maximum Gasteiger partial charge on any atom is 0.393 e. The van der Waals surface area contributed by atoms with E-state index in [1.807, 2.05) is 0 Å². The van der Waals surface area contributed by atoms with Gasteiger partial charge >= 0.3 is 6.18 Å². The summed E-state index contributed by atoms with van der Waals surface area (Å²) in [5.41, 5.74) is 1.55. The van der Waals surface area contributed by atoms with Crippen molar-refractivity contribution in [1.82, 2.24) is 9.38 Å². The molecule has 0 amide bonds. The Morgan fingerprint density at radius 1 is 1.00 bits per heavy atom. The topological polar surface area (TPSA) is 34.4 Å². The van der Waals surface area contributed by atoms with Crippen LogP contribution in [0.4, 0.5) is 17.6 Å². The minimum atomic E-state index is -4.25. The summed E-state index contributed by atoms with van der Waals surface area (Å²) >= 11 is 0. The van der Waals surface area contributed by atoms with Crippen LogP contribution in [0.3, 0.4) is 0 Å². The van der Waals surface area contributed by atoms with Crippen molar-refractivity contribution in [2.45, 2.75) is 25.4 Å². The molecule has 3 rings (SSSR count). The van der Waals surface area contributed by atoms with Crippen molar-refractivity contribution in [2.24, 2.45) is 0 Å². The number of nitrogens with zero attached hydrogens (tertiary/aromatic N) is 2. The van der Waals surface area contributed by atoms with E-state index in [0.717, 1.165) is 0 Å². The monoisotopic (exact) mass is 350 g/mol. The van der Waals surface area contributed by atoms with E-state index in [9.17, 15) is 22.4 Å². The molecule has 3 aromatic rings. The van der Waals surface area contributed by atoms with Gasteiger partial charge in [-0.15, -0.1) is 0 Å². The fourth-order valence-corrected chi connectivity index (χ4v) is 2.68. The van der Waals surface area contributed by atoms with Crippen molar-refractivity contribution in [2.75, 3.05) is 0 Å². The molecule has 130 valence electrons. The van der Waals surface area contributed by atoms with Gasteiger partial charge in [-0.3, -0.25) is 4.79 Å². The van der Waals surface area contributed by atoms with Crippen LogP contribution in [0.2, 0.25) is 0 Å². The van der Waals surface area contributed by atoms with Gasteiger partial charge in [0, 0.05) is 30.9 Å². The number of hydrogen-bond donors (Lipinski definition) is 0. The molecule has 2 heterocycles.